The summed E-state index contributed by atoms with van der Waals surface area (Å²) < 4.78 is 16.2. The van der Waals surface area contributed by atoms with Crippen molar-refractivity contribution in [3.63, 3.8) is 0 Å². The van der Waals surface area contributed by atoms with E-state index in [2.05, 4.69) is 5.43 Å². The molecule has 1 aromatic carbocycles. The lowest BCUT2D eigenvalue weighted by molar-refractivity contribution is 0.110. The van der Waals surface area contributed by atoms with Crippen molar-refractivity contribution >= 4 is 16.6 Å². The van der Waals surface area contributed by atoms with Crippen LogP contribution in [0.1, 0.15) is 11.3 Å². The smallest absolute Gasteiger partial charge is 0.148 e. The van der Waals surface area contributed by atoms with Crippen LogP contribution in [0.25, 0.3) is 10.9 Å². The van der Waals surface area contributed by atoms with Gasteiger partial charge in [0.05, 0.1) is 38.8 Å². The van der Waals surface area contributed by atoms with Gasteiger partial charge in [-0.15, -0.1) is 0 Å². The Morgan fingerprint density at radius 1 is 1.30 bits per heavy atom. The summed E-state index contributed by atoms with van der Waals surface area (Å²) in [5, 5.41) is 0.868. The van der Waals surface area contributed by atoms with Crippen LogP contribution < -0.4 is 20.7 Å². The first kappa shape index (κ1) is 13.0. The molecule has 0 amide bonds. The molecule has 0 aliphatic carbocycles. The number of ether oxygens (including phenoxy) is 3. The van der Waals surface area contributed by atoms with Gasteiger partial charge < -0.3 is 19.6 Å². The van der Waals surface area contributed by atoms with E-state index in [1.165, 1.54) is 0 Å². The summed E-state index contributed by atoms with van der Waals surface area (Å²) in [6.45, 7) is 1.19. The summed E-state index contributed by atoms with van der Waals surface area (Å²) in [7, 11) is 3.24. The number of benzene rings is 1. The SMILES string of the molecule is COc1cc(OC)c2nc3c(c(NN)c2c1)COCC3. The predicted molar refractivity (Wildman–Crippen MR) is 76.0 cm³/mol. The number of aromatic nitrogens is 1. The number of hydrogen-bond donors (Lipinski definition) is 2. The van der Waals surface area contributed by atoms with Gasteiger partial charge in [0.15, 0.2) is 0 Å². The molecule has 3 N–H and O–H groups in total. The first-order valence-corrected chi connectivity index (χ1v) is 6.40. The fraction of sp³-hybridized carbons (Fsp3) is 0.357. The number of anilines is 1. The van der Waals surface area contributed by atoms with Gasteiger partial charge in [0.2, 0.25) is 0 Å². The van der Waals surface area contributed by atoms with Crippen LogP contribution in [0.2, 0.25) is 0 Å². The number of nitrogens with zero attached hydrogens (tertiary/aromatic N) is 1. The molecule has 0 radical (unpaired) electrons. The number of nitrogens with one attached hydrogen (secondary N) is 1. The molecule has 1 aliphatic heterocycles. The van der Waals surface area contributed by atoms with E-state index < -0.39 is 0 Å². The third-order valence-corrected chi connectivity index (χ3v) is 3.54. The molecule has 0 fully saturated rings. The third kappa shape index (κ3) is 1.93. The van der Waals surface area contributed by atoms with Crippen LogP contribution in [0.4, 0.5) is 5.69 Å². The fourth-order valence-corrected chi connectivity index (χ4v) is 2.54. The second-order valence-corrected chi connectivity index (χ2v) is 4.58. The second kappa shape index (κ2) is 5.15. The van der Waals surface area contributed by atoms with Gasteiger partial charge in [0.1, 0.15) is 17.0 Å². The monoisotopic (exact) mass is 275 g/mol. The number of methoxy groups -OCH3 is 2. The van der Waals surface area contributed by atoms with E-state index in [9.17, 15) is 0 Å². The van der Waals surface area contributed by atoms with E-state index in [1.54, 1.807) is 14.2 Å². The van der Waals surface area contributed by atoms with Crippen molar-refractivity contribution in [2.24, 2.45) is 5.84 Å². The Morgan fingerprint density at radius 2 is 2.15 bits per heavy atom. The van der Waals surface area contributed by atoms with Gasteiger partial charge in [-0.1, -0.05) is 0 Å². The van der Waals surface area contributed by atoms with Crippen LogP contribution in [0.5, 0.6) is 11.5 Å². The quantitative estimate of drug-likeness (QED) is 0.654. The highest BCUT2D eigenvalue weighted by atomic mass is 16.5. The molecule has 3 rings (SSSR count). The number of nitrogens with two attached hydrogens (primary N) is 1. The molecule has 6 nitrogen and oxygen atoms in total. The van der Waals surface area contributed by atoms with Crippen LogP contribution >= 0.6 is 0 Å². The highest BCUT2D eigenvalue weighted by Crippen LogP contribution is 2.37. The summed E-state index contributed by atoms with van der Waals surface area (Å²) >= 11 is 0. The van der Waals surface area contributed by atoms with Gasteiger partial charge in [0.25, 0.3) is 0 Å². The van der Waals surface area contributed by atoms with Crippen molar-refractivity contribution in [2.75, 3.05) is 26.3 Å². The van der Waals surface area contributed by atoms with Gasteiger partial charge in [-0.2, -0.15) is 0 Å². The standard InChI is InChI=1S/C14H17N3O3/c1-18-8-5-9-13(17-15)10-7-20-4-3-11(10)16-14(9)12(6-8)19-2/h5-6H,3-4,7,15H2,1-2H3,(H,16,17). The lowest BCUT2D eigenvalue weighted by Crippen LogP contribution is -2.18. The molecule has 0 saturated carbocycles. The lowest BCUT2D eigenvalue weighted by Gasteiger charge is -2.21. The fourth-order valence-electron chi connectivity index (χ4n) is 2.54. The average molecular weight is 275 g/mol. The summed E-state index contributed by atoms with van der Waals surface area (Å²) in [5.74, 6) is 7.08. The van der Waals surface area contributed by atoms with E-state index in [-0.39, 0.29) is 0 Å². The van der Waals surface area contributed by atoms with Crippen molar-refractivity contribution in [3.8, 4) is 11.5 Å². The van der Waals surface area contributed by atoms with E-state index >= 15 is 0 Å². The highest BCUT2D eigenvalue weighted by molar-refractivity contribution is 5.97. The zero-order chi connectivity index (χ0) is 14.1. The minimum Gasteiger partial charge on any atom is -0.497 e. The molecule has 0 unspecified atom stereocenters. The molecular weight excluding hydrogens is 258 g/mol. The van der Waals surface area contributed by atoms with Crippen molar-refractivity contribution in [2.45, 2.75) is 13.0 Å². The van der Waals surface area contributed by atoms with E-state index in [0.717, 1.165) is 34.3 Å². The van der Waals surface area contributed by atoms with Crippen molar-refractivity contribution in [1.82, 2.24) is 4.98 Å². The Hall–Kier alpha value is -2.05. The van der Waals surface area contributed by atoms with Crippen LogP contribution in [0, 0.1) is 0 Å². The Bertz CT molecular complexity index is 658. The van der Waals surface area contributed by atoms with Crippen molar-refractivity contribution < 1.29 is 14.2 Å². The number of rotatable bonds is 3. The third-order valence-electron chi connectivity index (χ3n) is 3.54. The molecule has 0 saturated heterocycles. The van der Waals surface area contributed by atoms with Gasteiger partial charge in [-0.25, -0.2) is 4.98 Å². The van der Waals surface area contributed by atoms with Crippen molar-refractivity contribution in [1.29, 1.82) is 0 Å². The summed E-state index contributed by atoms with van der Waals surface area (Å²) in [6.07, 6.45) is 0.773. The van der Waals surface area contributed by atoms with E-state index in [4.69, 9.17) is 25.0 Å². The Balaban J connectivity index is 2.36. The second-order valence-electron chi connectivity index (χ2n) is 4.58. The largest absolute Gasteiger partial charge is 0.497 e. The Kier molecular flexibility index (Phi) is 3.33. The summed E-state index contributed by atoms with van der Waals surface area (Å²) in [6, 6.07) is 3.72. The summed E-state index contributed by atoms with van der Waals surface area (Å²) in [5.41, 5.74) is 6.37. The zero-order valence-corrected chi connectivity index (χ0v) is 11.5. The molecular formula is C14H17N3O3. The number of pyridine rings is 1. The molecule has 0 atom stereocenters. The summed E-state index contributed by atoms with van der Waals surface area (Å²) in [4.78, 5) is 4.71. The average Bonchev–Trinajstić information content (AvgIpc) is 2.51. The lowest BCUT2D eigenvalue weighted by atomic mass is 10.0. The van der Waals surface area contributed by atoms with Gasteiger partial charge in [-0.3, -0.25) is 5.84 Å². The zero-order valence-electron chi connectivity index (χ0n) is 11.5. The van der Waals surface area contributed by atoms with Crippen LogP contribution in [-0.4, -0.2) is 25.8 Å². The van der Waals surface area contributed by atoms with E-state index in [1.807, 2.05) is 12.1 Å². The van der Waals surface area contributed by atoms with Gasteiger partial charge in [-0.05, 0) is 6.07 Å². The molecule has 106 valence electrons. The first-order chi connectivity index (χ1) is 9.78. The van der Waals surface area contributed by atoms with E-state index in [0.29, 0.717) is 24.7 Å². The van der Waals surface area contributed by atoms with Crippen molar-refractivity contribution in [3.05, 3.63) is 23.4 Å². The van der Waals surface area contributed by atoms with Crippen LogP contribution in [0.15, 0.2) is 12.1 Å². The number of nitrogen functional groups attached to an aromatic ring is 1. The van der Waals surface area contributed by atoms with Crippen LogP contribution in [0.3, 0.4) is 0 Å². The molecule has 0 spiro atoms. The predicted octanol–water partition coefficient (Wildman–Crippen LogP) is 1.61. The molecule has 1 aromatic heterocycles. The Labute approximate surface area is 116 Å². The molecule has 0 bridgehead atoms. The maximum absolute atomic E-state index is 5.71. The number of hydrazine groups is 1. The number of hydrogen-bond acceptors (Lipinski definition) is 6. The van der Waals surface area contributed by atoms with Gasteiger partial charge >= 0.3 is 0 Å². The normalized spacial score (nSPS) is 13.9. The maximum Gasteiger partial charge on any atom is 0.148 e. The highest BCUT2D eigenvalue weighted by Gasteiger charge is 2.20. The topological polar surface area (TPSA) is 78.6 Å². The molecule has 1 aliphatic rings. The molecule has 2 aromatic rings. The van der Waals surface area contributed by atoms with Crippen LogP contribution in [-0.2, 0) is 17.8 Å². The molecule has 6 heteroatoms. The first-order valence-electron chi connectivity index (χ1n) is 6.40. The minimum absolute atomic E-state index is 0.511. The molecule has 2 heterocycles. The van der Waals surface area contributed by atoms with Gasteiger partial charge in [0, 0.05) is 23.4 Å². The number of fused-ring (bicyclic) bond motifs is 2. The minimum atomic E-state index is 0.511. The molecule has 20 heavy (non-hydrogen) atoms. The maximum atomic E-state index is 5.71. The Morgan fingerprint density at radius 3 is 2.85 bits per heavy atom.